The van der Waals surface area contributed by atoms with Crippen molar-refractivity contribution in [2.75, 3.05) is 31.6 Å². The third-order valence-corrected chi connectivity index (χ3v) is 8.35. The fraction of sp³-hybridized carbons (Fsp3) is 0.167. The molecule has 0 spiro atoms. The van der Waals surface area contributed by atoms with E-state index in [0.717, 1.165) is 4.88 Å². The molecule has 174 valence electrons. The SMILES string of the molecule is O=C(Nc1cc(S(=O)(=O)N2CCOCC2)ccc1O)c1cc(-c2cccs2)nc2ccccc12. The summed E-state index contributed by atoms with van der Waals surface area (Å²) in [7, 11) is -3.79. The molecule has 4 aromatic rings. The standard InChI is InChI=1S/C24H21N3O5S2/c28-22-8-7-16(34(30,31)27-9-11-32-12-10-27)14-20(22)26-24(29)18-15-21(23-6-3-13-33-23)25-19-5-2-1-4-17(18)19/h1-8,13-15,28H,9-12H2,(H,26,29). The second-order valence-corrected chi connectivity index (χ2v) is 10.6. The Kier molecular flexibility index (Phi) is 6.05. The van der Waals surface area contributed by atoms with Crippen molar-refractivity contribution in [1.82, 2.24) is 9.29 Å². The first kappa shape index (κ1) is 22.5. The largest absolute Gasteiger partial charge is 0.506 e. The van der Waals surface area contributed by atoms with E-state index in [1.165, 1.54) is 33.8 Å². The second-order valence-electron chi connectivity index (χ2n) is 7.70. The number of nitrogens with one attached hydrogen (secondary N) is 1. The number of benzene rings is 2. The highest BCUT2D eigenvalue weighted by molar-refractivity contribution is 7.89. The fourth-order valence-electron chi connectivity index (χ4n) is 3.82. The van der Waals surface area contributed by atoms with Gasteiger partial charge in [0.2, 0.25) is 10.0 Å². The first-order valence-corrected chi connectivity index (χ1v) is 12.9. The quantitative estimate of drug-likeness (QED) is 0.406. The number of thiophene rings is 1. The van der Waals surface area contributed by atoms with Gasteiger partial charge in [0.25, 0.3) is 5.91 Å². The minimum Gasteiger partial charge on any atom is -0.506 e. The highest BCUT2D eigenvalue weighted by Gasteiger charge is 2.27. The Morgan fingerprint density at radius 2 is 1.85 bits per heavy atom. The third kappa shape index (κ3) is 4.28. The Bertz CT molecular complexity index is 1460. The number of phenolic OH excluding ortho intramolecular Hbond substituents is 1. The normalized spacial score (nSPS) is 14.8. The number of sulfonamides is 1. The van der Waals surface area contributed by atoms with Gasteiger partial charge in [-0.1, -0.05) is 24.3 Å². The Balaban J connectivity index is 1.51. The number of hydrogen-bond donors (Lipinski definition) is 2. The summed E-state index contributed by atoms with van der Waals surface area (Å²) in [5.74, 6) is -0.709. The lowest BCUT2D eigenvalue weighted by Crippen LogP contribution is -2.40. The number of carbonyl (C=O) groups is 1. The molecule has 0 bridgehead atoms. The van der Waals surface area contributed by atoms with Gasteiger partial charge in [-0.25, -0.2) is 13.4 Å². The summed E-state index contributed by atoms with van der Waals surface area (Å²) in [5.41, 5.74) is 1.70. The number of phenols is 1. The van der Waals surface area contributed by atoms with Crippen molar-refractivity contribution in [3.8, 4) is 16.3 Å². The molecule has 1 fully saturated rings. The molecule has 1 saturated heterocycles. The van der Waals surface area contributed by atoms with Crippen LogP contribution >= 0.6 is 11.3 Å². The number of fused-ring (bicyclic) bond motifs is 1. The summed E-state index contributed by atoms with van der Waals surface area (Å²) in [4.78, 5) is 18.9. The summed E-state index contributed by atoms with van der Waals surface area (Å²) in [6.45, 7) is 1.14. The van der Waals surface area contributed by atoms with Crippen LogP contribution in [0.25, 0.3) is 21.5 Å². The fourth-order valence-corrected chi connectivity index (χ4v) is 5.94. The van der Waals surface area contributed by atoms with Crippen LogP contribution in [0.15, 0.2) is 70.9 Å². The second kappa shape index (κ2) is 9.15. The maximum absolute atomic E-state index is 13.3. The maximum Gasteiger partial charge on any atom is 0.256 e. The average molecular weight is 496 g/mol. The van der Waals surface area contributed by atoms with E-state index in [1.54, 1.807) is 12.1 Å². The lowest BCUT2D eigenvalue weighted by Gasteiger charge is -2.26. The minimum absolute atomic E-state index is 0.0119. The zero-order valence-corrected chi connectivity index (χ0v) is 19.6. The van der Waals surface area contributed by atoms with Crippen molar-refractivity contribution in [2.24, 2.45) is 0 Å². The van der Waals surface area contributed by atoms with Crippen LogP contribution in [0.2, 0.25) is 0 Å². The number of rotatable bonds is 5. The van der Waals surface area contributed by atoms with Crippen LogP contribution < -0.4 is 5.32 Å². The number of pyridine rings is 1. The predicted molar refractivity (Wildman–Crippen MR) is 131 cm³/mol. The molecule has 2 N–H and O–H groups in total. The van der Waals surface area contributed by atoms with E-state index < -0.39 is 15.9 Å². The first-order valence-electron chi connectivity index (χ1n) is 10.6. The Labute approximate surface area is 200 Å². The summed E-state index contributed by atoms with van der Waals surface area (Å²) < 4.78 is 32.6. The molecule has 2 aromatic heterocycles. The van der Waals surface area contributed by atoms with E-state index in [4.69, 9.17) is 4.74 Å². The molecule has 0 radical (unpaired) electrons. The van der Waals surface area contributed by atoms with Crippen LogP contribution in [-0.4, -0.2) is 55.0 Å². The van der Waals surface area contributed by atoms with Gasteiger partial charge >= 0.3 is 0 Å². The van der Waals surface area contributed by atoms with E-state index in [9.17, 15) is 18.3 Å². The molecule has 34 heavy (non-hydrogen) atoms. The van der Waals surface area contributed by atoms with E-state index in [2.05, 4.69) is 10.3 Å². The number of ether oxygens (including phenoxy) is 1. The maximum atomic E-state index is 13.3. The Morgan fingerprint density at radius 1 is 1.06 bits per heavy atom. The number of carbonyl (C=O) groups excluding carboxylic acids is 1. The molecule has 1 aliphatic rings. The van der Waals surface area contributed by atoms with Crippen LogP contribution in [0.4, 0.5) is 5.69 Å². The van der Waals surface area contributed by atoms with Crippen molar-refractivity contribution in [3.63, 3.8) is 0 Å². The van der Waals surface area contributed by atoms with Crippen LogP contribution in [0.1, 0.15) is 10.4 Å². The van der Waals surface area contributed by atoms with Gasteiger partial charge in [-0.15, -0.1) is 11.3 Å². The molecule has 2 aromatic carbocycles. The van der Waals surface area contributed by atoms with E-state index in [-0.39, 0.29) is 29.4 Å². The first-order chi connectivity index (χ1) is 16.4. The average Bonchev–Trinajstić information content (AvgIpc) is 3.40. The molecular formula is C24H21N3O5S2. The van der Waals surface area contributed by atoms with Gasteiger partial charge in [0.05, 0.1) is 45.4 Å². The van der Waals surface area contributed by atoms with Gasteiger partial charge in [-0.3, -0.25) is 4.79 Å². The predicted octanol–water partition coefficient (Wildman–Crippen LogP) is 3.94. The summed E-state index contributed by atoms with van der Waals surface area (Å²) in [5, 5.41) is 15.6. The molecule has 0 aliphatic carbocycles. The van der Waals surface area contributed by atoms with E-state index in [0.29, 0.717) is 35.4 Å². The number of aromatic nitrogens is 1. The van der Waals surface area contributed by atoms with Crippen molar-refractivity contribution in [2.45, 2.75) is 4.90 Å². The summed E-state index contributed by atoms with van der Waals surface area (Å²) >= 11 is 1.52. The van der Waals surface area contributed by atoms with Gasteiger partial charge in [0.15, 0.2) is 0 Å². The highest BCUT2D eigenvalue weighted by atomic mass is 32.2. The number of aromatic hydroxyl groups is 1. The van der Waals surface area contributed by atoms with Gasteiger partial charge in [-0.05, 0) is 41.8 Å². The summed E-state index contributed by atoms with van der Waals surface area (Å²) in [6.07, 6.45) is 0. The molecular weight excluding hydrogens is 474 g/mol. The van der Waals surface area contributed by atoms with Crippen LogP contribution in [0.5, 0.6) is 5.75 Å². The zero-order chi connectivity index (χ0) is 23.7. The molecule has 10 heteroatoms. The number of anilines is 1. The van der Waals surface area contributed by atoms with E-state index >= 15 is 0 Å². The van der Waals surface area contributed by atoms with E-state index in [1.807, 2.05) is 35.7 Å². The monoisotopic (exact) mass is 495 g/mol. The smallest absolute Gasteiger partial charge is 0.256 e. The van der Waals surface area contributed by atoms with Crippen molar-refractivity contribution >= 4 is 43.9 Å². The summed E-state index contributed by atoms with van der Waals surface area (Å²) in [6, 6.07) is 16.7. The van der Waals surface area contributed by atoms with Gasteiger partial charge in [0, 0.05) is 18.5 Å². The zero-order valence-electron chi connectivity index (χ0n) is 18.0. The lowest BCUT2D eigenvalue weighted by molar-refractivity contribution is 0.0730. The molecule has 0 saturated carbocycles. The molecule has 1 amide bonds. The van der Waals surface area contributed by atoms with Gasteiger partial charge in [0.1, 0.15) is 5.75 Å². The minimum atomic E-state index is -3.79. The molecule has 3 heterocycles. The van der Waals surface area contributed by atoms with Crippen LogP contribution in [0, 0.1) is 0 Å². The number of morpholine rings is 1. The van der Waals surface area contributed by atoms with Crippen LogP contribution in [-0.2, 0) is 14.8 Å². The molecule has 8 nitrogen and oxygen atoms in total. The van der Waals surface area contributed by atoms with Crippen molar-refractivity contribution in [3.05, 3.63) is 71.6 Å². The highest BCUT2D eigenvalue weighted by Crippen LogP contribution is 2.31. The van der Waals surface area contributed by atoms with Crippen molar-refractivity contribution in [1.29, 1.82) is 0 Å². The number of nitrogens with zero attached hydrogens (tertiary/aromatic N) is 2. The Morgan fingerprint density at radius 3 is 2.62 bits per heavy atom. The molecule has 0 atom stereocenters. The van der Waals surface area contributed by atoms with Gasteiger partial charge < -0.3 is 15.2 Å². The Hall–Kier alpha value is -3.31. The third-order valence-electron chi connectivity index (χ3n) is 5.56. The number of hydrogen-bond acceptors (Lipinski definition) is 7. The number of para-hydroxylation sites is 1. The van der Waals surface area contributed by atoms with Crippen molar-refractivity contribution < 1.29 is 23.1 Å². The van der Waals surface area contributed by atoms with Gasteiger partial charge in [-0.2, -0.15) is 4.31 Å². The lowest BCUT2D eigenvalue weighted by atomic mass is 10.1. The molecule has 0 unspecified atom stereocenters. The topological polar surface area (TPSA) is 109 Å². The number of amides is 1. The van der Waals surface area contributed by atoms with Crippen LogP contribution in [0.3, 0.4) is 0 Å². The molecule has 1 aliphatic heterocycles. The molecule has 5 rings (SSSR count).